The van der Waals surface area contributed by atoms with Gasteiger partial charge in [-0.05, 0) is 25.1 Å². The Bertz CT molecular complexity index is 739. The third-order valence-electron chi connectivity index (χ3n) is 3.32. The number of carbonyl (C=O) groups is 1. The van der Waals surface area contributed by atoms with Crippen LogP contribution in [0.15, 0.2) is 43.4 Å². The van der Waals surface area contributed by atoms with Crippen molar-refractivity contribution in [3.05, 3.63) is 48.5 Å². The monoisotopic (exact) mass is 386 g/mol. The molecule has 0 aliphatic heterocycles. The fraction of sp³-hybridized carbons (Fsp3) is 0.312. The third-order valence-corrected chi connectivity index (χ3v) is 4.55. The lowest BCUT2D eigenvalue weighted by Gasteiger charge is -2.20. The predicted octanol–water partition coefficient (Wildman–Crippen LogP) is 4.18. The molecule has 2 aromatic rings. The van der Waals surface area contributed by atoms with Gasteiger partial charge in [0.15, 0.2) is 5.15 Å². The quantitative estimate of drug-likeness (QED) is 0.639. The van der Waals surface area contributed by atoms with Crippen LogP contribution in [0, 0.1) is 0 Å². The van der Waals surface area contributed by atoms with Crippen LogP contribution in [0.4, 0.5) is 14.5 Å². The summed E-state index contributed by atoms with van der Waals surface area (Å²) in [6.45, 7) is 5.20. The molecule has 0 aliphatic rings. The molecule has 2 heterocycles. The number of rotatable bonds is 8. The second-order valence-corrected chi connectivity index (χ2v) is 6.56. The second-order valence-electron chi connectivity index (χ2n) is 4.96. The number of thioether (sulfide) groups is 1. The maximum atomic E-state index is 13.1. The first-order valence-electron chi connectivity index (χ1n) is 7.49. The van der Waals surface area contributed by atoms with Crippen LogP contribution in [-0.2, 0) is 4.79 Å². The van der Waals surface area contributed by atoms with Crippen LogP contribution >= 0.6 is 23.4 Å². The van der Waals surface area contributed by atoms with Crippen LogP contribution in [0.25, 0.3) is 5.69 Å². The van der Waals surface area contributed by atoms with Gasteiger partial charge in [0.05, 0.1) is 18.1 Å². The van der Waals surface area contributed by atoms with Gasteiger partial charge in [-0.2, -0.15) is 13.9 Å². The fourth-order valence-electron chi connectivity index (χ4n) is 2.10. The van der Waals surface area contributed by atoms with E-state index in [4.69, 9.17) is 11.6 Å². The molecule has 0 N–H and O–H groups in total. The van der Waals surface area contributed by atoms with Crippen molar-refractivity contribution in [3.8, 4) is 5.69 Å². The van der Waals surface area contributed by atoms with Crippen molar-refractivity contribution in [1.29, 1.82) is 0 Å². The molecule has 0 bridgehead atoms. The Morgan fingerprint density at radius 3 is 2.92 bits per heavy atom. The lowest BCUT2D eigenvalue weighted by atomic mass is 10.3. The van der Waals surface area contributed by atoms with Gasteiger partial charge in [-0.3, -0.25) is 9.78 Å². The highest BCUT2D eigenvalue weighted by atomic mass is 35.5. The van der Waals surface area contributed by atoms with E-state index in [-0.39, 0.29) is 23.2 Å². The Morgan fingerprint density at radius 2 is 2.32 bits per heavy atom. The molecule has 5 nitrogen and oxygen atoms in total. The van der Waals surface area contributed by atoms with Crippen LogP contribution < -0.4 is 4.90 Å². The number of pyridine rings is 1. The van der Waals surface area contributed by atoms with Crippen LogP contribution in [-0.4, -0.2) is 38.2 Å². The van der Waals surface area contributed by atoms with Gasteiger partial charge in [0.2, 0.25) is 5.91 Å². The summed E-state index contributed by atoms with van der Waals surface area (Å²) >= 11 is 6.53. The van der Waals surface area contributed by atoms with Crippen molar-refractivity contribution in [2.45, 2.75) is 18.6 Å². The SMILES string of the molecule is C=CC(F)(F)SCCC(=O)N(CC)c1cn(-c2cccnc2)nc1Cl. The highest BCUT2D eigenvalue weighted by Gasteiger charge is 2.26. The van der Waals surface area contributed by atoms with Crippen molar-refractivity contribution in [3.63, 3.8) is 0 Å². The van der Waals surface area contributed by atoms with E-state index in [9.17, 15) is 13.6 Å². The lowest BCUT2D eigenvalue weighted by molar-refractivity contribution is -0.118. The summed E-state index contributed by atoms with van der Waals surface area (Å²) in [7, 11) is 0. The summed E-state index contributed by atoms with van der Waals surface area (Å²) in [6.07, 6.45) is 5.38. The highest BCUT2D eigenvalue weighted by molar-refractivity contribution is 8.00. The van der Waals surface area contributed by atoms with Crippen molar-refractivity contribution in [2.75, 3.05) is 17.2 Å². The van der Waals surface area contributed by atoms with E-state index in [1.54, 1.807) is 37.6 Å². The average Bonchev–Trinajstić information content (AvgIpc) is 2.98. The predicted molar refractivity (Wildman–Crippen MR) is 96.6 cm³/mol. The standard InChI is InChI=1S/C16H17ClF2N4OS/c1-3-16(18,19)25-9-7-14(24)22(4-2)13-11-23(21-15(13)17)12-6-5-8-20-10-12/h3,5-6,8,10-11H,1,4,7,9H2,2H3. The van der Waals surface area contributed by atoms with Crippen molar-refractivity contribution < 1.29 is 13.6 Å². The zero-order chi connectivity index (χ0) is 18.4. The van der Waals surface area contributed by atoms with E-state index in [1.807, 2.05) is 0 Å². The molecule has 2 aromatic heterocycles. The number of nitrogens with zero attached hydrogens (tertiary/aromatic N) is 4. The zero-order valence-corrected chi connectivity index (χ0v) is 15.1. The van der Waals surface area contributed by atoms with Crippen LogP contribution in [0.1, 0.15) is 13.3 Å². The number of anilines is 1. The Hall–Kier alpha value is -1.93. The fourth-order valence-corrected chi connectivity index (χ4v) is 2.99. The molecule has 0 fully saturated rings. The Kier molecular flexibility index (Phi) is 6.55. The summed E-state index contributed by atoms with van der Waals surface area (Å²) in [5.41, 5.74) is 1.12. The lowest BCUT2D eigenvalue weighted by Crippen LogP contribution is -2.31. The molecule has 9 heteroatoms. The van der Waals surface area contributed by atoms with E-state index in [1.165, 1.54) is 9.58 Å². The average molecular weight is 387 g/mol. The number of carbonyl (C=O) groups excluding carboxylic acids is 1. The third kappa shape index (κ3) is 5.02. The van der Waals surface area contributed by atoms with Gasteiger partial charge in [0.25, 0.3) is 0 Å². The smallest absolute Gasteiger partial charge is 0.308 e. The van der Waals surface area contributed by atoms with Gasteiger partial charge in [0.1, 0.15) is 5.69 Å². The highest BCUT2D eigenvalue weighted by Crippen LogP contribution is 2.31. The van der Waals surface area contributed by atoms with Gasteiger partial charge in [-0.25, -0.2) is 4.68 Å². The Labute approximate surface area is 153 Å². The first-order valence-corrected chi connectivity index (χ1v) is 8.85. The number of amides is 1. The molecule has 134 valence electrons. The second kappa shape index (κ2) is 8.44. The number of aromatic nitrogens is 3. The van der Waals surface area contributed by atoms with E-state index >= 15 is 0 Å². The molecule has 0 aromatic carbocycles. The maximum Gasteiger partial charge on any atom is 0.312 e. The van der Waals surface area contributed by atoms with Gasteiger partial charge in [-0.15, -0.1) is 0 Å². The number of alkyl halides is 2. The Morgan fingerprint density at radius 1 is 1.56 bits per heavy atom. The normalized spacial score (nSPS) is 11.4. The van der Waals surface area contributed by atoms with Crippen LogP contribution in [0.5, 0.6) is 0 Å². The van der Waals surface area contributed by atoms with Gasteiger partial charge < -0.3 is 4.90 Å². The van der Waals surface area contributed by atoms with Gasteiger partial charge in [0, 0.05) is 24.9 Å². The zero-order valence-electron chi connectivity index (χ0n) is 13.5. The molecule has 2 rings (SSSR count). The molecule has 0 saturated carbocycles. The minimum Gasteiger partial charge on any atom is -0.308 e. The molecular formula is C16H17ClF2N4OS. The van der Waals surface area contributed by atoms with Crippen LogP contribution in [0.2, 0.25) is 5.15 Å². The van der Waals surface area contributed by atoms with Crippen molar-refractivity contribution >= 4 is 35.0 Å². The number of hydrogen-bond acceptors (Lipinski definition) is 4. The topological polar surface area (TPSA) is 51.0 Å². The maximum absolute atomic E-state index is 13.1. The molecule has 25 heavy (non-hydrogen) atoms. The summed E-state index contributed by atoms with van der Waals surface area (Å²) in [4.78, 5) is 17.8. The molecule has 0 atom stereocenters. The number of halogens is 3. The van der Waals surface area contributed by atoms with Gasteiger partial charge >= 0.3 is 5.25 Å². The van der Waals surface area contributed by atoms with E-state index in [0.717, 1.165) is 0 Å². The minimum atomic E-state index is -3.04. The minimum absolute atomic E-state index is 0.0251. The molecule has 0 radical (unpaired) electrons. The molecule has 0 aliphatic carbocycles. The largest absolute Gasteiger partial charge is 0.312 e. The molecule has 0 saturated heterocycles. The van der Waals surface area contributed by atoms with Crippen molar-refractivity contribution in [1.82, 2.24) is 14.8 Å². The Balaban J connectivity index is 2.11. The summed E-state index contributed by atoms with van der Waals surface area (Å²) in [5, 5.41) is 1.29. The van der Waals surface area contributed by atoms with E-state index in [0.29, 0.717) is 35.8 Å². The van der Waals surface area contributed by atoms with Crippen LogP contribution in [0.3, 0.4) is 0 Å². The molecule has 0 unspecified atom stereocenters. The van der Waals surface area contributed by atoms with E-state index < -0.39 is 5.25 Å². The molecular weight excluding hydrogens is 370 g/mol. The first kappa shape index (κ1) is 19.4. The first-order chi connectivity index (χ1) is 11.9. The summed E-state index contributed by atoms with van der Waals surface area (Å²) in [6, 6.07) is 3.55. The van der Waals surface area contributed by atoms with Gasteiger partial charge in [-0.1, -0.05) is 29.9 Å². The number of hydrogen-bond donors (Lipinski definition) is 0. The molecule has 0 spiro atoms. The van der Waals surface area contributed by atoms with E-state index in [2.05, 4.69) is 16.7 Å². The van der Waals surface area contributed by atoms with Crippen molar-refractivity contribution in [2.24, 2.45) is 0 Å². The molecule has 1 amide bonds. The summed E-state index contributed by atoms with van der Waals surface area (Å²) < 4.78 is 27.8. The summed E-state index contributed by atoms with van der Waals surface area (Å²) in [5.74, 6) is -0.328.